The first-order valence-electron chi connectivity index (χ1n) is 10.6. The van der Waals surface area contributed by atoms with Crippen molar-refractivity contribution in [2.45, 2.75) is 38.5 Å². The van der Waals surface area contributed by atoms with Gasteiger partial charge < -0.3 is 5.32 Å². The number of nitrogens with zero attached hydrogens (tertiary/aromatic N) is 1. The number of rotatable bonds is 5. The molecule has 0 spiro atoms. The van der Waals surface area contributed by atoms with Crippen LogP contribution in [0.5, 0.6) is 0 Å². The third-order valence-corrected chi connectivity index (χ3v) is 8.08. The van der Waals surface area contributed by atoms with Crippen LogP contribution in [0.15, 0.2) is 74.2 Å². The monoisotopic (exact) mass is 512 g/mol. The van der Waals surface area contributed by atoms with Gasteiger partial charge in [0.15, 0.2) is 0 Å². The Kier molecular flexibility index (Phi) is 5.42. The van der Waals surface area contributed by atoms with Crippen LogP contribution in [0.4, 0.5) is 11.4 Å². The zero-order valence-electron chi connectivity index (χ0n) is 16.5. The quantitative estimate of drug-likeness (QED) is 0.401. The largest absolute Gasteiger partial charge is 0.358 e. The fraction of sp³-hybridized carbons (Fsp3) is 0.400. The van der Waals surface area contributed by atoms with Gasteiger partial charge in [0.05, 0.1) is 5.69 Å². The van der Waals surface area contributed by atoms with E-state index in [4.69, 9.17) is 4.99 Å². The van der Waals surface area contributed by atoms with E-state index in [9.17, 15) is 0 Å². The highest BCUT2D eigenvalue weighted by Gasteiger charge is 2.52. The lowest BCUT2D eigenvalue weighted by atomic mass is 9.48. The van der Waals surface area contributed by atoms with Gasteiger partial charge in [0.25, 0.3) is 0 Å². The summed E-state index contributed by atoms with van der Waals surface area (Å²) in [7, 11) is 0. The molecule has 0 heterocycles. The lowest BCUT2D eigenvalue weighted by Crippen LogP contribution is -2.48. The zero-order chi connectivity index (χ0) is 19.8. The molecule has 2 aromatic rings. The van der Waals surface area contributed by atoms with Crippen LogP contribution in [0.3, 0.4) is 0 Å². The molecule has 4 saturated carbocycles. The molecule has 29 heavy (non-hydrogen) atoms. The molecule has 0 aromatic heterocycles. The summed E-state index contributed by atoms with van der Waals surface area (Å²) in [6.07, 6.45) is 12.6. The third kappa shape index (κ3) is 4.25. The topological polar surface area (TPSA) is 24.4 Å². The average molecular weight is 514 g/mol. The van der Waals surface area contributed by atoms with Crippen molar-refractivity contribution in [3.8, 4) is 0 Å². The fourth-order valence-corrected chi connectivity index (χ4v) is 6.73. The molecule has 0 radical (unpaired) electrons. The second-order valence-corrected chi connectivity index (χ2v) is 11.0. The Morgan fingerprint density at radius 3 is 1.90 bits per heavy atom. The molecule has 0 unspecified atom stereocenters. The van der Waals surface area contributed by atoms with Crippen LogP contribution in [-0.4, -0.2) is 6.21 Å². The first-order valence-corrected chi connectivity index (χ1v) is 12.2. The summed E-state index contributed by atoms with van der Waals surface area (Å²) >= 11 is 7.04. The predicted octanol–water partition coefficient (Wildman–Crippen LogP) is 8.13. The highest BCUT2D eigenvalue weighted by molar-refractivity contribution is 9.10. The van der Waals surface area contributed by atoms with Crippen LogP contribution in [0.1, 0.15) is 38.5 Å². The van der Waals surface area contributed by atoms with Gasteiger partial charge in [-0.1, -0.05) is 31.9 Å². The molecule has 0 aliphatic heterocycles. The Morgan fingerprint density at radius 1 is 0.828 bits per heavy atom. The van der Waals surface area contributed by atoms with Gasteiger partial charge in [-0.15, -0.1) is 0 Å². The highest BCUT2D eigenvalue weighted by atomic mass is 79.9. The maximum atomic E-state index is 4.70. The second-order valence-electron chi connectivity index (χ2n) is 9.16. The molecule has 4 heteroatoms. The van der Waals surface area contributed by atoms with Crippen molar-refractivity contribution >= 4 is 49.4 Å². The summed E-state index contributed by atoms with van der Waals surface area (Å²) in [5.74, 6) is 2.75. The summed E-state index contributed by atoms with van der Waals surface area (Å²) in [6, 6.07) is 16.7. The van der Waals surface area contributed by atoms with Crippen molar-refractivity contribution in [2.75, 3.05) is 5.32 Å². The maximum Gasteiger partial charge on any atom is 0.0630 e. The first kappa shape index (κ1) is 19.6. The number of allylic oxidation sites excluding steroid dienone is 2. The van der Waals surface area contributed by atoms with Gasteiger partial charge in [-0.3, -0.25) is 4.99 Å². The molecule has 4 fully saturated rings. The molecule has 0 amide bonds. The van der Waals surface area contributed by atoms with Crippen LogP contribution in [0.25, 0.3) is 0 Å². The Labute approximate surface area is 190 Å². The van der Waals surface area contributed by atoms with Gasteiger partial charge in [-0.2, -0.15) is 0 Å². The summed E-state index contributed by atoms with van der Waals surface area (Å²) < 4.78 is 2.19. The number of benzene rings is 2. The van der Waals surface area contributed by atoms with Gasteiger partial charge in [-0.25, -0.2) is 0 Å². The summed E-state index contributed by atoms with van der Waals surface area (Å²) in [6.45, 7) is 0. The van der Waals surface area contributed by atoms with Crippen molar-refractivity contribution < 1.29 is 0 Å². The van der Waals surface area contributed by atoms with Gasteiger partial charge in [0.2, 0.25) is 0 Å². The van der Waals surface area contributed by atoms with Crippen molar-refractivity contribution in [3.63, 3.8) is 0 Å². The number of halogens is 2. The molecule has 4 aliphatic rings. The van der Waals surface area contributed by atoms with Crippen LogP contribution in [-0.2, 0) is 0 Å². The van der Waals surface area contributed by atoms with E-state index < -0.39 is 0 Å². The highest BCUT2D eigenvalue weighted by Crippen LogP contribution is 2.62. The van der Waals surface area contributed by atoms with Crippen molar-refractivity contribution in [1.82, 2.24) is 0 Å². The lowest BCUT2D eigenvalue weighted by molar-refractivity contribution is -0.0296. The van der Waals surface area contributed by atoms with Crippen molar-refractivity contribution in [1.29, 1.82) is 0 Å². The third-order valence-electron chi connectivity index (χ3n) is 7.02. The van der Waals surface area contributed by atoms with Gasteiger partial charge in [0, 0.05) is 32.0 Å². The Morgan fingerprint density at radius 2 is 1.34 bits per heavy atom. The normalized spacial score (nSPS) is 30.8. The van der Waals surface area contributed by atoms with E-state index in [1.165, 1.54) is 44.2 Å². The molecule has 2 nitrogen and oxygen atoms in total. The van der Waals surface area contributed by atoms with Crippen LogP contribution >= 0.6 is 31.9 Å². The van der Waals surface area contributed by atoms with Crippen LogP contribution in [0.2, 0.25) is 0 Å². The predicted molar refractivity (Wildman–Crippen MR) is 129 cm³/mol. The number of nitrogens with one attached hydrogen (secondary N) is 1. The van der Waals surface area contributed by atoms with E-state index >= 15 is 0 Å². The number of hydrogen-bond acceptors (Lipinski definition) is 2. The minimum atomic E-state index is 0.299. The Bertz CT molecular complexity index is 893. The standard InChI is InChI=1S/C25H26Br2N2/c26-20-1-5-22(6-2-20)28-10-9-24(29-23-7-3-21(27)4-8-23)25-14-17-11-18(15-25)13-19(12-17)16-25/h1-10,17-19,29H,11-16H2/b24-9-,28-10?. The molecule has 0 atom stereocenters. The SMILES string of the molecule is Brc1ccc(N=C/C=C(\Nc2ccc(Br)cc2)C23CC4CC(CC(C4)C2)C3)cc1. The van der Waals surface area contributed by atoms with E-state index in [-0.39, 0.29) is 0 Å². The number of anilines is 1. The molecule has 4 aliphatic carbocycles. The molecule has 150 valence electrons. The zero-order valence-corrected chi connectivity index (χ0v) is 19.6. The lowest BCUT2D eigenvalue weighted by Gasteiger charge is -2.57. The smallest absolute Gasteiger partial charge is 0.0630 e. The molecular formula is C25H26Br2N2. The summed E-state index contributed by atoms with van der Waals surface area (Å²) in [4.78, 5) is 4.70. The number of hydrogen-bond donors (Lipinski definition) is 1. The van der Waals surface area contributed by atoms with E-state index in [1.54, 1.807) is 0 Å². The molecule has 0 saturated heterocycles. The minimum Gasteiger partial charge on any atom is -0.358 e. The Balaban J connectivity index is 1.45. The number of aliphatic imine (C=N–C) groups is 1. The molecule has 1 N–H and O–H groups in total. The molecule has 4 bridgehead atoms. The molecule has 6 rings (SSSR count). The average Bonchev–Trinajstić information content (AvgIpc) is 2.69. The van der Waals surface area contributed by atoms with Gasteiger partial charge in [0.1, 0.15) is 0 Å². The molecule has 2 aromatic carbocycles. The van der Waals surface area contributed by atoms with E-state index in [0.29, 0.717) is 5.41 Å². The summed E-state index contributed by atoms with van der Waals surface area (Å²) in [5, 5.41) is 3.80. The first-order chi connectivity index (χ1) is 14.1. The van der Waals surface area contributed by atoms with Gasteiger partial charge in [-0.05, 0) is 111 Å². The van der Waals surface area contributed by atoms with E-state index in [1.807, 2.05) is 30.5 Å². The second kappa shape index (κ2) is 8.03. The van der Waals surface area contributed by atoms with E-state index in [0.717, 1.165) is 38.1 Å². The molecular weight excluding hydrogens is 488 g/mol. The van der Waals surface area contributed by atoms with Crippen LogP contribution in [0, 0.1) is 23.2 Å². The van der Waals surface area contributed by atoms with Gasteiger partial charge >= 0.3 is 0 Å². The fourth-order valence-electron chi connectivity index (χ4n) is 6.21. The maximum absolute atomic E-state index is 4.70. The van der Waals surface area contributed by atoms with Crippen LogP contribution < -0.4 is 5.32 Å². The summed E-state index contributed by atoms with van der Waals surface area (Å²) in [5.41, 5.74) is 3.80. The minimum absolute atomic E-state index is 0.299. The Hall–Kier alpha value is -1.39. The van der Waals surface area contributed by atoms with E-state index in [2.05, 4.69) is 67.5 Å². The van der Waals surface area contributed by atoms with Crippen molar-refractivity contribution in [3.05, 3.63) is 69.2 Å². The van der Waals surface area contributed by atoms with Crippen molar-refractivity contribution in [2.24, 2.45) is 28.2 Å².